The van der Waals surface area contributed by atoms with Gasteiger partial charge < -0.3 is 18.9 Å². The van der Waals surface area contributed by atoms with Crippen molar-refractivity contribution in [1.29, 1.82) is 0 Å². The molecule has 0 bridgehead atoms. The second-order valence-electron chi connectivity index (χ2n) is 6.59. The van der Waals surface area contributed by atoms with Gasteiger partial charge in [0.2, 0.25) is 0 Å². The summed E-state index contributed by atoms with van der Waals surface area (Å²) >= 11 is 0. The molecule has 1 aromatic heterocycles. The Morgan fingerprint density at radius 2 is 1.81 bits per heavy atom. The van der Waals surface area contributed by atoms with Gasteiger partial charge >= 0.3 is 0 Å². The summed E-state index contributed by atoms with van der Waals surface area (Å²) in [5, 5.41) is 0. The number of rotatable bonds is 11. The third-order valence-electron chi connectivity index (χ3n) is 4.44. The van der Waals surface area contributed by atoms with Crippen molar-refractivity contribution in [3.05, 3.63) is 89.8 Å². The fourth-order valence-electron chi connectivity index (χ4n) is 2.83. The van der Waals surface area contributed by atoms with Gasteiger partial charge in [0.1, 0.15) is 19.0 Å². The molecule has 0 radical (unpaired) electrons. The number of allylic oxidation sites excluding steroid dienone is 1. The summed E-state index contributed by atoms with van der Waals surface area (Å²) in [6, 6.07) is 16.5. The number of pyridine rings is 1. The predicted octanol–water partition coefficient (Wildman–Crippen LogP) is 4.59. The van der Waals surface area contributed by atoms with Crippen LogP contribution in [-0.4, -0.2) is 38.2 Å². The number of carbonyl (C=O) groups excluding carboxylic acids is 1. The minimum atomic E-state index is -0.149. The lowest BCUT2D eigenvalue weighted by molar-refractivity contribution is 0.104. The molecule has 0 atom stereocenters. The fourth-order valence-corrected chi connectivity index (χ4v) is 2.83. The van der Waals surface area contributed by atoms with Gasteiger partial charge in [-0.15, -0.1) is 0 Å². The number of ether oxygens (including phenoxy) is 4. The van der Waals surface area contributed by atoms with Crippen molar-refractivity contribution in [1.82, 2.24) is 4.98 Å². The van der Waals surface area contributed by atoms with E-state index in [1.807, 2.05) is 36.4 Å². The highest BCUT2D eigenvalue weighted by Gasteiger charge is 2.10. The summed E-state index contributed by atoms with van der Waals surface area (Å²) in [6.45, 7) is 1.26. The Hall–Kier alpha value is -3.64. The van der Waals surface area contributed by atoms with E-state index in [0.29, 0.717) is 42.6 Å². The van der Waals surface area contributed by atoms with Gasteiger partial charge in [0, 0.05) is 36.2 Å². The number of para-hydroxylation sites is 1. The zero-order chi connectivity index (χ0) is 21.9. The molecule has 0 spiro atoms. The highest BCUT2D eigenvalue weighted by atomic mass is 16.5. The van der Waals surface area contributed by atoms with E-state index in [1.54, 1.807) is 50.9 Å². The largest absolute Gasteiger partial charge is 0.493 e. The summed E-state index contributed by atoms with van der Waals surface area (Å²) in [5.41, 5.74) is 2.28. The normalized spacial score (nSPS) is 10.8. The number of ketones is 1. The van der Waals surface area contributed by atoms with Gasteiger partial charge in [0.05, 0.1) is 13.7 Å². The first kappa shape index (κ1) is 22.1. The molecule has 0 aliphatic rings. The molecule has 2 aromatic carbocycles. The smallest absolute Gasteiger partial charge is 0.185 e. The minimum Gasteiger partial charge on any atom is -0.493 e. The van der Waals surface area contributed by atoms with E-state index >= 15 is 0 Å². The third-order valence-corrected chi connectivity index (χ3v) is 4.44. The number of aromatic nitrogens is 1. The Balaban J connectivity index is 1.69. The van der Waals surface area contributed by atoms with Crippen LogP contribution in [0, 0.1) is 0 Å². The zero-order valence-corrected chi connectivity index (χ0v) is 17.6. The highest BCUT2D eigenvalue weighted by molar-refractivity contribution is 6.07. The van der Waals surface area contributed by atoms with Gasteiger partial charge in [0.15, 0.2) is 17.3 Å². The monoisotopic (exact) mass is 419 g/mol. The lowest BCUT2D eigenvalue weighted by Gasteiger charge is -2.11. The summed E-state index contributed by atoms with van der Waals surface area (Å²) in [5.74, 6) is 1.60. The Kier molecular flexibility index (Phi) is 8.20. The second-order valence-corrected chi connectivity index (χ2v) is 6.59. The lowest BCUT2D eigenvalue weighted by Crippen LogP contribution is -2.06. The number of benzene rings is 2. The van der Waals surface area contributed by atoms with Crippen LogP contribution in [0.15, 0.2) is 73.1 Å². The maximum atomic E-state index is 12.7. The van der Waals surface area contributed by atoms with Crippen LogP contribution in [0.25, 0.3) is 6.08 Å². The molecule has 0 saturated carbocycles. The quantitative estimate of drug-likeness (QED) is 0.257. The van der Waals surface area contributed by atoms with Crippen molar-refractivity contribution in [2.75, 3.05) is 27.4 Å². The van der Waals surface area contributed by atoms with Gasteiger partial charge in [-0.1, -0.05) is 24.3 Å². The van der Waals surface area contributed by atoms with E-state index < -0.39 is 0 Å². The van der Waals surface area contributed by atoms with Gasteiger partial charge in [-0.3, -0.25) is 9.78 Å². The Morgan fingerprint density at radius 3 is 2.58 bits per heavy atom. The van der Waals surface area contributed by atoms with Crippen molar-refractivity contribution in [2.45, 2.75) is 6.61 Å². The van der Waals surface area contributed by atoms with Crippen LogP contribution >= 0.6 is 0 Å². The van der Waals surface area contributed by atoms with Crippen LogP contribution in [-0.2, 0) is 11.3 Å². The molecule has 0 fully saturated rings. The van der Waals surface area contributed by atoms with Gasteiger partial charge in [-0.2, -0.15) is 0 Å². The van der Waals surface area contributed by atoms with Gasteiger partial charge in [-0.05, 0) is 42.5 Å². The van der Waals surface area contributed by atoms with Crippen molar-refractivity contribution in [3.63, 3.8) is 0 Å². The number of methoxy groups -OCH3 is 2. The molecule has 0 amide bonds. The fraction of sp³-hybridized carbons (Fsp3) is 0.200. The molecule has 6 nitrogen and oxygen atoms in total. The van der Waals surface area contributed by atoms with Gasteiger partial charge in [0.25, 0.3) is 0 Å². The lowest BCUT2D eigenvalue weighted by atomic mass is 10.1. The maximum Gasteiger partial charge on any atom is 0.185 e. The van der Waals surface area contributed by atoms with E-state index in [2.05, 4.69) is 4.98 Å². The minimum absolute atomic E-state index is 0.149. The Labute approximate surface area is 182 Å². The number of nitrogens with zero attached hydrogens (tertiary/aromatic N) is 1. The highest BCUT2D eigenvalue weighted by Crippen LogP contribution is 2.28. The molecule has 0 aliphatic heterocycles. The summed E-state index contributed by atoms with van der Waals surface area (Å²) < 4.78 is 21.9. The topological polar surface area (TPSA) is 66.9 Å². The van der Waals surface area contributed by atoms with E-state index in [9.17, 15) is 4.79 Å². The summed E-state index contributed by atoms with van der Waals surface area (Å²) in [4.78, 5) is 16.8. The van der Waals surface area contributed by atoms with Crippen LogP contribution in [0.5, 0.6) is 17.2 Å². The van der Waals surface area contributed by atoms with Crippen LogP contribution in [0.1, 0.15) is 21.5 Å². The molecule has 0 N–H and O–H groups in total. The Bertz CT molecular complexity index is 1020. The molecule has 0 saturated heterocycles. The van der Waals surface area contributed by atoms with Gasteiger partial charge in [-0.25, -0.2) is 0 Å². The van der Waals surface area contributed by atoms with Crippen molar-refractivity contribution in [2.24, 2.45) is 0 Å². The average molecular weight is 419 g/mol. The standard InChI is InChI=1S/C25H25NO5/c1-28-14-15-30-24-12-10-21(16-25(24)29-2)22(27)11-9-20-7-3-4-8-23(20)31-18-19-6-5-13-26-17-19/h3-13,16-17H,14-15,18H2,1-2H3/b11-9+. The van der Waals surface area contributed by atoms with Crippen molar-refractivity contribution >= 4 is 11.9 Å². The predicted molar refractivity (Wildman–Crippen MR) is 119 cm³/mol. The molecule has 3 aromatic rings. The maximum absolute atomic E-state index is 12.7. The molecule has 0 unspecified atom stereocenters. The van der Waals surface area contributed by atoms with Crippen LogP contribution < -0.4 is 14.2 Å². The van der Waals surface area contributed by atoms with Crippen LogP contribution in [0.2, 0.25) is 0 Å². The number of hydrogen-bond donors (Lipinski definition) is 0. The molecule has 31 heavy (non-hydrogen) atoms. The molecule has 6 heteroatoms. The molecule has 0 aliphatic carbocycles. The summed E-state index contributed by atoms with van der Waals surface area (Å²) in [7, 11) is 3.15. The van der Waals surface area contributed by atoms with Crippen molar-refractivity contribution < 1.29 is 23.7 Å². The zero-order valence-electron chi connectivity index (χ0n) is 17.6. The molecule has 3 rings (SSSR count). The molecular formula is C25H25NO5. The molecule has 1 heterocycles. The first-order valence-corrected chi connectivity index (χ1v) is 9.84. The van der Waals surface area contributed by atoms with E-state index in [0.717, 1.165) is 11.1 Å². The van der Waals surface area contributed by atoms with Crippen LogP contribution in [0.3, 0.4) is 0 Å². The van der Waals surface area contributed by atoms with Crippen LogP contribution in [0.4, 0.5) is 0 Å². The molecular weight excluding hydrogens is 394 g/mol. The number of hydrogen-bond acceptors (Lipinski definition) is 6. The van der Waals surface area contributed by atoms with E-state index in [-0.39, 0.29) is 5.78 Å². The molecule has 160 valence electrons. The van der Waals surface area contributed by atoms with E-state index in [4.69, 9.17) is 18.9 Å². The van der Waals surface area contributed by atoms with Crippen molar-refractivity contribution in [3.8, 4) is 17.2 Å². The van der Waals surface area contributed by atoms with E-state index in [1.165, 1.54) is 6.08 Å². The first-order valence-electron chi connectivity index (χ1n) is 9.84. The Morgan fingerprint density at radius 1 is 0.935 bits per heavy atom. The SMILES string of the molecule is COCCOc1ccc(C(=O)/C=C/c2ccccc2OCc2cccnc2)cc1OC. The first-order chi connectivity index (χ1) is 15.2. The average Bonchev–Trinajstić information content (AvgIpc) is 2.82. The summed E-state index contributed by atoms with van der Waals surface area (Å²) in [6.07, 6.45) is 6.75. The number of carbonyl (C=O) groups is 1. The third kappa shape index (κ3) is 6.42. The second kappa shape index (κ2) is 11.5.